The van der Waals surface area contributed by atoms with Gasteiger partial charge in [0.15, 0.2) is 0 Å². The Balaban J connectivity index is 1.71. The zero-order valence-corrected chi connectivity index (χ0v) is 30.5. The molecule has 4 rings (SSSR count). The third kappa shape index (κ3) is 8.78. The summed E-state index contributed by atoms with van der Waals surface area (Å²) < 4.78 is 0.982. The van der Waals surface area contributed by atoms with E-state index in [2.05, 4.69) is 92.0 Å². The molecule has 2 aromatic rings. The highest BCUT2D eigenvalue weighted by Crippen LogP contribution is 2.40. The molecule has 1 saturated carbocycles. The van der Waals surface area contributed by atoms with Crippen LogP contribution in [0.3, 0.4) is 0 Å². The Kier molecular flexibility index (Phi) is 13.1. The zero-order chi connectivity index (χ0) is 32.5. The van der Waals surface area contributed by atoms with Gasteiger partial charge in [-0.25, -0.2) is 0 Å². The van der Waals surface area contributed by atoms with Crippen LogP contribution in [0.1, 0.15) is 140 Å². The van der Waals surface area contributed by atoms with E-state index in [-0.39, 0.29) is 11.9 Å². The zero-order valence-electron chi connectivity index (χ0n) is 28.9. The highest BCUT2D eigenvalue weighted by atomic mass is 79.9. The molecule has 2 atom stereocenters. The molecule has 0 bridgehead atoms. The molecule has 0 spiro atoms. The molecule has 2 aromatic carbocycles. The minimum absolute atomic E-state index is 0.00468. The summed E-state index contributed by atoms with van der Waals surface area (Å²) in [6.07, 6.45) is 14.1. The van der Waals surface area contributed by atoms with Crippen molar-refractivity contribution in [3.8, 4) is 0 Å². The number of allylic oxidation sites excluding steroid dienone is 1. The largest absolute Gasteiger partial charge is 0.359 e. The second kappa shape index (κ2) is 16.8. The maximum absolute atomic E-state index is 14.5. The first-order valence-corrected chi connectivity index (χ1v) is 18.4. The summed E-state index contributed by atoms with van der Waals surface area (Å²) in [6, 6.07) is 13.1. The van der Waals surface area contributed by atoms with E-state index < -0.39 is 0 Å². The number of halogens is 1. The van der Waals surface area contributed by atoms with Crippen LogP contribution in [0, 0.1) is 12.8 Å². The quantitative estimate of drug-likeness (QED) is 0.191. The monoisotopic (exact) mass is 673 g/mol. The maximum atomic E-state index is 14.5. The molecule has 1 aliphatic carbocycles. The molecule has 4 nitrogen and oxygen atoms in total. The Morgan fingerprint density at radius 2 is 1.82 bits per heavy atom. The topological polar surface area (TPSA) is 44.7 Å². The Morgan fingerprint density at radius 3 is 2.44 bits per heavy atom. The van der Waals surface area contributed by atoms with E-state index in [1.807, 2.05) is 25.3 Å². The molecule has 2 aliphatic rings. The number of amides is 1. The van der Waals surface area contributed by atoms with Crippen molar-refractivity contribution in [2.75, 3.05) is 11.9 Å². The molecule has 1 amide bonds. The summed E-state index contributed by atoms with van der Waals surface area (Å²) in [4.78, 5) is 21.5. The van der Waals surface area contributed by atoms with Gasteiger partial charge in [-0.1, -0.05) is 93.9 Å². The number of carbonyl (C=O) groups excluding carboxylic acids is 1. The van der Waals surface area contributed by atoms with E-state index >= 15 is 0 Å². The van der Waals surface area contributed by atoms with Gasteiger partial charge in [0.05, 0.1) is 17.3 Å². The molecule has 1 fully saturated rings. The molecule has 0 radical (unpaired) electrons. The van der Waals surface area contributed by atoms with E-state index in [0.717, 1.165) is 72.3 Å². The number of hydrogen-bond donors (Lipinski definition) is 1. The third-order valence-corrected chi connectivity index (χ3v) is 10.7. The minimum Gasteiger partial charge on any atom is -0.359 e. The highest BCUT2D eigenvalue weighted by Gasteiger charge is 2.35. The second-order valence-electron chi connectivity index (χ2n) is 13.3. The molecular formula is C40H56BrN3O. The van der Waals surface area contributed by atoms with Crippen LogP contribution in [0.4, 0.5) is 11.4 Å². The van der Waals surface area contributed by atoms with Gasteiger partial charge in [-0.2, -0.15) is 0 Å². The average Bonchev–Trinajstić information content (AvgIpc) is 3.89. The van der Waals surface area contributed by atoms with E-state index in [4.69, 9.17) is 4.99 Å². The van der Waals surface area contributed by atoms with Crippen molar-refractivity contribution in [2.24, 2.45) is 10.9 Å². The van der Waals surface area contributed by atoms with Crippen LogP contribution >= 0.6 is 15.9 Å². The van der Waals surface area contributed by atoms with Crippen molar-refractivity contribution in [3.05, 3.63) is 80.0 Å². The summed E-state index contributed by atoms with van der Waals surface area (Å²) >= 11 is 3.68. The lowest BCUT2D eigenvalue weighted by atomic mass is 9.83. The molecule has 1 aliphatic heterocycles. The molecule has 5 heteroatoms. The van der Waals surface area contributed by atoms with Crippen molar-refractivity contribution in [1.29, 1.82) is 0 Å². The van der Waals surface area contributed by atoms with Crippen LogP contribution in [0.15, 0.2) is 68.3 Å². The van der Waals surface area contributed by atoms with Crippen LogP contribution in [0.2, 0.25) is 0 Å². The number of nitrogens with zero attached hydrogens (tertiary/aromatic N) is 2. The number of anilines is 1. The van der Waals surface area contributed by atoms with Crippen molar-refractivity contribution in [2.45, 2.75) is 131 Å². The van der Waals surface area contributed by atoms with Crippen molar-refractivity contribution in [3.63, 3.8) is 0 Å². The standard InChI is InChI=1S/C40H56BrN3O/c1-8-12-25-42-39-29(7)35(41)23-22-34(39)40(45)44-26-24-36(38(37(44)11-4)33(13-9-2)27(5)10-3)43-32-20-18-31(19-21-32)28(6)14-15-30-16-17-30/h18-23,25,28,30,37,43H,8-17,24,26H2,1-7H3. The Hall–Kier alpha value is -2.66. The van der Waals surface area contributed by atoms with Crippen LogP contribution in [0.5, 0.6) is 0 Å². The Bertz CT molecular complexity index is 1400. The fourth-order valence-electron chi connectivity index (χ4n) is 6.68. The molecule has 0 aromatic heterocycles. The van der Waals surface area contributed by atoms with Crippen molar-refractivity contribution < 1.29 is 4.79 Å². The third-order valence-electron chi connectivity index (χ3n) is 9.87. The molecule has 1 N–H and O–H groups in total. The summed E-state index contributed by atoms with van der Waals surface area (Å²) in [6.45, 7) is 16.3. The summed E-state index contributed by atoms with van der Waals surface area (Å²) in [5.74, 6) is 1.65. The summed E-state index contributed by atoms with van der Waals surface area (Å²) in [7, 11) is 0. The van der Waals surface area contributed by atoms with Gasteiger partial charge >= 0.3 is 0 Å². The van der Waals surface area contributed by atoms with E-state index in [9.17, 15) is 4.79 Å². The predicted octanol–water partition coefficient (Wildman–Crippen LogP) is 12.1. The van der Waals surface area contributed by atoms with E-state index in [1.165, 1.54) is 53.7 Å². The molecular weight excluding hydrogens is 618 g/mol. The van der Waals surface area contributed by atoms with Crippen LogP contribution < -0.4 is 5.32 Å². The maximum Gasteiger partial charge on any atom is 0.256 e. The highest BCUT2D eigenvalue weighted by molar-refractivity contribution is 9.10. The summed E-state index contributed by atoms with van der Waals surface area (Å²) in [5.41, 5.74) is 10.5. The van der Waals surface area contributed by atoms with Gasteiger partial charge in [-0.15, -0.1) is 0 Å². The van der Waals surface area contributed by atoms with Crippen LogP contribution in [0.25, 0.3) is 0 Å². The average molecular weight is 675 g/mol. The lowest BCUT2D eigenvalue weighted by Crippen LogP contribution is -2.46. The number of nitrogens with one attached hydrogen (secondary N) is 1. The first-order valence-electron chi connectivity index (χ1n) is 17.6. The second-order valence-corrected chi connectivity index (χ2v) is 14.1. The van der Waals surface area contributed by atoms with E-state index in [0.29, 0.717) is 18.0 Å². The fraction of sp³-hybridized carbons (Fsp3) is 0.550. The van der Waals surface area contributed by atoms with Crippen molar-refractivity contribution in [1.82, 2.24) is 4.90 Å². The van der Waals surface area contributed by atoms with Gasteiger partial charge < -0.3 is 10.2 Å². The first-order chi connectivity index (χ1) is 21.7. The SMILES string of the molecule is CCCC=Nc1c(C(=O)N2CCC(Nc3ccc(C(C)CCC4CC4)cc3)=C(C(CCC)=C(C)CC)C2CC)ccc(Br)c1C. The molecule has 45 heavy (non-hydrogen) atoms. The normalized spacial score (nSPS) is 18.4. The van der Waals surface area contributed by atoms with Gasteiger partial charge in [0.1, 0.15) is 0 Å². The lowest BCUT2D eigenvalue weighted by molar-refractivity contribution is 0.0692. The lowest BCUT2D eigenvalue weighted by Gasteiger charge is -2.40. The summed E-state index contributed by atoms with van der Waals surface area (Å²) in [5, 5.41) is 3.88. The molecule has 1 heterocycles. The fourth-order valence-corrected chi connectivity index (χ4v) is 7.00. The molecule has 2 unspecified atom stereocenters. The van der Waals surface area contributed by atoms with Gasteiger partial charge in [0.25, 0.3) is 5.91 Å². The Morgan fingerprint density at radius 1 is 1.09 bits per heavy atom. The number of rotatable bonds is 15. The van der Waals surface area contributed by atoms with E-state index in [1.54, 1.807) is 0 Å². The number of benzene rings is 2. The smallest absolute Gasteiger partial charge is 0.256 e. The van der Waals surface area contributed by atoms with Gasteiger partial charge in [-0.05, 0) is 111 Å². The minimum atomic E-state index is -0.00468. The van der Waals surface area contributed by atoms with Gasteiger partial charge in [-0.3, -0.25) is 9.79 Å². The number of aliphatic imine (C=N–C) groups is 1. The molecule has 244 valence electrons. The number of hydrogen-bond acceptors (Lipinski definition) is 3. The number of carbonyl (C=O) groups is 1. The Labute approximate surface area is 282 Å². The van der Waals surface area contributed by atoms with Gasteiger partial charge in [0.2, 0.25) is 0 Å². The first kappa shape index (κ1) is 35.2. The number of unbranched alkanes of at least 4 members (excludes halogenated alkanes) is 1. The van der Waals surface area contributed by atoms with Crippen LogP contribution in [-0.2, 0) is 0 Å². The molecule has 0 saturated heterocycles. The van der Waals surface area contributed by atoms with Crippen molar-refractivity contribution >= 4 is 39.4 Å². The predicted molar refractivity (Wildman–Crippen MR) is 197 cm³/mol. The van der Waals surface area contributed by atoms with Crippen LogP contribution in [-0.4, -0.2) is 29.6 Å². The van der Waals surface area contributed by atoms with Gasteiger partial charge in [0, 0.05) is 35.0 Å².